The van der Waals surface area contributed by atoms with E-state index in [1.54, 1.807) is 0 Å². The Balaban J connectivity index is 3.32. The van der Waals surface area contributed by atoms with Crippen LogP contribution in [0.3, 0.4) is 0 Å². The third-order valence-corrected chi connectivity index (χ3v) is 19.2. The summed E-state index contributed by atoms with van der Waals surface area (Å²) in [6.07, 6.45) is 93.5. The Morgan fingerprint density at radius 3 is 0.718 bits per heavy atom. The highest BCUT2D eigenvalue weighted by Crippen LogP contribution is 2.21. The Morgan fingerprint density at radius 1 is 0.282 bits per heavy atom. The van der Waals surface area contributed by atoms with Gasteiger partial charge in [0, 0.05) is 12.8 Å². The third-order valence-electron chi connectivity index (χ3n) is 19.2. The van der Waals surface area contributed by atoms with Crippen LogP contribution in [0.4, 0.5) is 0 Å². The minimum absolute atomic E-state index is 0.0228. The number of hydrogen-bond acceptors (Lipinski definition) is 5. The first-order valence-electron chi connectivity index (χ1n) is 39.8. The summed E-state index contributed by atoms with van der Waals surface area (Å²) in [6.45, 7) is 5.01. The Bertz CT molecular complexity index is 1240. The minimum atomic E-state index is -0.661. The van der Waals surface area contributed by atoms with Crippen LogP contribution in [0.1, 0.15) is 470 Å². The number of nitrogens with one attached hydrogen (secondary N) is 1. The van der Waals surface area contributed by atoms with E-state index in [2.05, 4.69) is 19.2 Å². The molecule has 0 bridgehead atoms. The molecule has 0 aromatic heterocycles. The van der Waals surface area contributed by atoms with Gasteiger partial charge in [-0.25, -0.2) is 0 Å². The van der Waals surface area contributed by atoms with Crippen LogP contribution in [0.25, 0.3) is 0 Å². The van der Waals surface area contributed by atoms with E-state index < -0.39 is 12.1 Å². The maximum atomic E-state index is 12.6. The van der Waals surface area contributed by atoms with Gasteiger partial charge in [0.15, 0.2) is 0 Å². The highest BCUT2D eigenvalue weighted by Gasteiger charge is 2.20. The van der Waals surface area contributed by atoms with Gasteiger partial charge in [0.25, 0.3) is 0 Å². The average Bonchev–Trinajstić information content (AvgIpc) is 3.55. The zero-order valence-electron chi connectivity index (χ0n) is 58.4. The highest BCUT2D eigenvalue weighted by atomic mass is 16.5. The van der Waals surface area contributed by atoms with E-state index in [1.165, 1.54) is 398 Å². The van der Waals surface area contributed by atoms with Crippen LogP contribution in [0.5, 0.6) is 0 Å². The van der Waals surface area contributed by atoms with Gasteiger partial charge in [-0.3, -0.25) is 9.59 Å². The van der Waals surface area contributed by atoms with E-state index in [9.17, 15) is 19.8 Å². The van der Waals surface area contributed by atoms with Crippen LogP contribution in [0, 0.1) is 0 Å². The molecule has 0 radical (unpaired) electrons. The Hall–Kier alpha value is -1.14. The molecule has 0 spiro atoms. The van der Waals surface area contributed by atoms with Crippen molar-refractivity contribution >= 4 is 11.9 Å². The Kier molecular flexibility index (Phi) is 74.3. The molecule has 2 atom stereocenters. The second-order valence-electron chi connectivity index (χ2n) is 27.8. The van der Waals surface area contributed by atoms with Crippen molar-refractivity contribution in [1.29, 1.82) is 0 Å². The molecule has 6 heteroatoms. The summed E-state index contributed by atoms with van der Waals surface area (Å²) >= 11 is 0. The van der Waals surface area contributed by atoms with Crippen molar-refractivity contribution in [2.45, 2.75) is 482 Å². The Morgan fingerprint density at radius 2 is 0.482 bits per heavy atom. The van der Waals surface area contributed by atoms with Gasteiger partial charge < -0.3 is 20.3 Å². The van der Waals surface area contributed by atoms with Crippen molar-refractivity contribution in [3.05, 3.63) is 0 Å². The molecule has 0 saturated carbocycles. The molecule has 2 unspecified atom stereocenters. The van der Waals surface area contributed by atoms with Crippen LogP contribution in [0.2, 0.25) is 0 Å². The molecule has 3 N–H and O–H groups in total. The lowest BCUT2D eigenvalue weighted by atomic mass is 10.0. The summed E-state index contributed by atoms with van der Waals surface area (Å²) in [5.41, 5.74) is 0. The lowest BCUT2D eigenvalue weighted by molar-refractivity contribution is -0.143. The van der Waals surface area contributed by atoms with E-state index in [1.807, 2.05) is 0 Å². The lowest BCUT2D eigenvalue weighted by Gasteiger charge is -2.22. The van der Waals surface area contributed by atoms with Crippen LogP contribution in [0.15, 0.2) is 0 Å². The molecule has 0 aliphatic rings. The van der Waals surface area contributed by atoms with Crippen molar-refractivity contribution in [3.8, 4) is 0 Å². The topological polar surface area (TPSA) is 95.9 Å². The number of esters is 1. The van der Waals surface area contributed by atoms with Gasteiger partial charge in [0.1, 0.15) is 0 Å². The molecule has 0 aromatic carbocycles. The molecule has 0 aromatic rings. The number of hydrogen-bond donors (Lipinski definition) is 3. The van der Waals surface area contributed by atoms with Crippen molar-refractivity contribution in [2.75, 3.05) is 13.2 Å². The van der Waals surface area contributed by atoms with Crippen molar-refractivity contribution < 1.29 is 24.5 Å². The molecule has 6 nitrogen and oxygen atoms in total. The summed E-state index contributed by atoms with van der Waals surface area (Å²) in [5, 5.41) is 23.5. The quantitative estimate of drug-likeness (QED) is 0.0417. The minimum Gasteiger partial charge on any atom is -0.466 e. The van der Waals surface area contributed by atoms with E-state index in [0.717, 1.165) is 38.5 Å². The van der Waals surface area contributed by atoms with E-state index >= 15 is 0 Å². The first-order chi connectivity index (χ1) is 42.0. The monoisotopic (exact) mass is 1200 g/mol. The molecular formula is C79H157NO5. The fraction of sp³-hybridized carbons (Fsp3) is 0.975. The number of unbranched alkanes of at least 4 members (excludes halogenated alkanes) is 65. The van der Waals surface area contributed by atoms with Gasteiger partial charge >= 0.3 is 5.97 Å². The van der Waals surface area contributed by atoms with Gasteiger partial charge in [-0.2, -0.15) is 0 Å². The van der Waals surface area contributed by atoms with Crippen molar-refractivity contribution in [1.82, 2.24) is 5.32 Å². The van der Waals surface area contributed by atoms with Gasteiger partial charge in [0.2, 0.25) is 5.91 Å². The standard InChI is InChI=1S/C79H157NO5/c1-3-5-7-9-11-13-15-16-17-18-19-20-21-33-36-39-42-45-48-52-55-59-63-67-71-77(82)76(75-81)80-78(83)72-68-64-60-56-53-49-46-43-40-37-34-31-29-27-25-23-22-24-26-28-30-32-35-38-41-44-47-50-54-58-62-66-70-74-85-79(84)73-69-65-61-57-51-14-12-10-8-6-4-2/h76-77,81-82H,3-75H2,1-2H3,(H,80,83). The molecule has 85 heavy (non-hydrogen) atoms. The van der Waals surface area contributed by atoms with Gasteiger partial charge in [-0.05, 0) is 25.7 Å². The largest absolute Gasteiger partial charge is 0.466 e. The number of aliphatic hydroxyl groups is 2. The molecule has 0 fully saturated rings. The summed E-state index contributed by atoms with van der Waals surface area (Å²) in [6, 6.07) is -0.538. The fourth-order valence-electron chi connectivity index (χ4n) is 13.1. The van der Waals surface area contributed by atoms with Crippen LogP contribution >= 0.6 is 0 Å². The molecular weight excluding hydrogens is 1040 g/mol. The normalized spacial score (nSPS) is 12.4. The average molecular weight is 1200 g/mol. The summed E-state index contributed by atoms with van der Waals surface area (Å²) < 4.78 is 5.48. The van der Waals surface area contributed by atoms with Gasteiger partial charge in [0.05, 0.1) is 25.4 Å². The van der Waals surface area contributed by atoms with E-state index in [4.69, 9.17) is 4.74 Å². The van der Waals surface area contributed by atoms with E-state index in [0.29, 0.717) is 25.9 Å². The second kappa shape index (κ2) is 75.3. The van der Waals surface area contributed by atoms with Crippen molar-refractivity contribution in [2.24, 2.45) is 0 Å². The van der Waals surface area contributed by atoms with Crippen LogP contribution in [-0.2, 0) is 14.3 Å². The van der Waals surface area contributed by atoms with E-state index in [-0.39, 0.29) is 18.5 Å². The number of amides is 1. The lowest BCUT2D eigenvalue weighted by Crippen LogP contribution is -2.45. The number of rotatable bonds is 76. The summed E-state index contributed by atoms with van der Waals surface area (Å²) in [4.78, 5) is 24.6. The molecule has 0 aliphatic carbocycles. The smallest absolute Gasteiger partial charge is 0.305 e. The molecule has 1 amide bonds. The molecule has 508 valence electrons. The van der Waals surface area contributed by atoms with Gasteiger partial charge in [-0.1, -0.05) is 431 Å². The predicted octanol–water partition coefficient (Wildman–Crippen LogP) is 26.1. The number of aliphatic hydroxyl groups excluding tert-OH is 2. The third kappa shape index (κ3) is 71.8. The summed E-state index contributed by atoms with van der Waals surface area (Å²) in [7, 11) is 0. The zero-order valence-corrected chi connectivity index (χ0v) is 58.4. The molecule has 0 rings (SSSR count). The zero-order chi connectivity index (χ0) is 61.3. The predicted molar refractivity (Wildman–Crippen MR) is 375 cm³/mol. The number of ether oxygens (including phenoxy) is 1. The molecule has 0 saturated heterocycles. The van der Waals surface area contributed by atoms with Gasteiger partial charge in [-0.15, -0.1) is 0 Å². The maximum absolute atomic E-state index is 12.6. The highest BCUT2D eigenvalue weighted by molar-refractivity contribution is 5.76. The number of carbonyl (C=O) groups excluding carboxylic acids is 2. The van der Waals surface area contributed by atoms with Crippen LogP contribution in [-0.4, -0.2) is 47.4 Å². The fourth-order valence-corrected chi connectivity index (χ4v) is 13.1. The molecule has 0 heterocycles. The molecule has 0 aliphatic heterocycles. The SMILES string of the molecule is CCCCCCCCCCCCCCCCCCCCCCCCCCC(O)C(CO)NC(=O)CCCCCCCCCCCCCCCCCCCCCCCCCCCCCCCCCCCOC(=O)CCCCCCCCCCCCC. The second-order valence-corrected chi connectivity index (χ2v) is 27.8. The maximum Gasteiger partial charge on any atom is 0.305 e. The first-order valence-corrected chi connectivity index (χ1v) is 39.8. The Labute approximate surface area is 534 Å². The van der Waals surface area contributed by atoms with Crippen LogP contribution < -0.4 is 5.32 Å². The summed E-state index contributed by atoms with van der Waals surface area (Å²) in [5.74, 6) is -0.000734. The number of carbonyl (C=O) groups is 2. The first kappa shape index (κ1) is 83.9. The van der Waals surface area contributed by atoms with Crippen molar-refractivity contribution in [3.63, 3.8) is 0 Å².